The molecule has 0 radical (unpaired) electrons. The first-order chi connectivity index (χ1) is 12.3. The molecule has 1 aliphatic rings. The van der Waals surface area contributed by atoms with E-state index in [1.807, 2.05) is 6.07 Å². The Hall–Kier alpha value is -2.14. The van der Waals surface area contributed by atoms with E-state index in [-0.39, 0.29) is 5.92 Å². The smallest absolute Gasteiger partial charge is 0.0453 e. The third kappa shape index (κ3) is 3.33. The Kier molecular flexibility index (Phi) is 4.83. The molecule has 1 aliphatic carbocycles. The van der Waals surface area contributed by atoms with E-state index in [1.54, 1.807) is 0 Å². The Balaban J connectivity index is 1.93. The van der Waals surface area contributed by atoms with Gasteiger partial charge in [0.15, 0.2) is 0 Å². The molecule has 0 atom stereocenters. The van der Waals surface area contributed by atoms with Crippen molar-refractivity contribution < 1.29 is 0 Å². The first kappa shape index (κ1) is 16.3. The van der Waals surface area contributed by atoms with Crippen LogP contribution in [-0.2, 0) is 0 Å². The van der Waals surface area contributed by atoms with Gasteiger partial charge in [0, 0.05) is 10.9 Å². The number of hydrogen-bond acceptors (Lipinski definition) is 0. The van der Waals surface area contributed by atoms with Crippen molar-refractivity contribution in [2.45, 2.75) is 5.92 Å². The SMILES string of the molecule is Clc1cccc(P(c2ccccc2)c2ccccc2)c1C1C=CC=C1. The normalized spacial score (nSPS) is 13.7. The van der Waals surface area contributed by atoms with E-state index >= 15 is 0 Å². The summed E-state index contributed by atoms with van der Waals surface area (Å²) in [5, 5.41) is 4.87. The fraction of sp³-hybridized carbons (Fsp3) is 0.0435. The van der Waals surface area contributed by atoms with E-state index < -0.39 is 7.92 Å². The number of benzene rings is 3. The molecule has 2 heteroatoms. The molecule has 0 fully saturated rings. The molecule has 4 rings (SSSR count). The highest BCUT2D eigenvalue weighted by Gasteiger charge is 2.24. The predicted octanol–water partition coefficient (Wildman–Crippen LogP) is 5.31. The third-order valence-electron chi connectivity index (χ3n) is 4.38. The lowest BCUT2D eigenvalue weighted by Gasteiger charge is -2.24. The molecule has 0 amide bonds. The zero-order valence-corrected chi connectivity index (χ0v) is 15.4. The summed E-state index contributed by atoms with van der Waals surface area (Å²) >= 11 is 6.67. The molecular formula is C23H18ClP. The minimum atomic E-state index is -0.651. The van der Waals surface area contributed by atoms with Gasteiger partial charge < -0.3 is 0 Å². The molecular weight excluding hydrogens is 343 g/mol. The van der Waals surface area contributed by atoms with Gasteiger partial charge in [-0.05, 0) is 35.5 Å². The molecule has 122 valence electrons. The van der Waals surface area contributed by atoms with Crippen molar-refractivity contribution in [2.75, 3.05) is 0 Å². The molecule has 0 N–H and O–H groups in total. The molecule has 0 saturated heterocycles. The summed E-state index contributed by atoms with van der Waals surface area (Å²) in [4.78, 5) is 0. The molecule has 0 bridgehead atoms. The largest absolute Gasteiger partial charge is 0.0840 e. The molecule has 25 heavy (non-hydrogen) atoms. The lowest BCUT2D eigenvalue weighted by molar-refractivity contribution is 1.12. The standard InChI is InChI=1S/C23H18ClP/c24-21-16-9-17-22(23(21)18-10-7-8-11-18)25(19-12-3-1-4-13-19)20-14-5-2-6-15-20/h1-18H. The highest BCUT2D eigenvalue weighted by atomic mass is 35.5. The number of allylic oxidation sites excluding steroid dienone is 4. The van der Waals surface area contributed by atoms with Crippen LogP contribution in [0, 0.1) is 0 Å². The molecule has 3 aromatic carbocycles. The quantitative estimate of drug-likeness (QED) is 0.553. The second-order valence-electron chi connectivity index (χ2n) is 5.97. The Bertz CT molecular complexity index is 862. The van der Waals surface area contributed by atoms with E-state index in [2.05, 4.69) is 97.1 Å². The zero-order chi connectivity index (χ0) is 17.1. The molecule has 0 nitrogen and oxygen atoms in total. The zero-order valence-electron chi connectivity index (χ0n) is 13.7. The van der Waals surface area contributed by atoms with Gasteiger partial charge in [0.2, 0.25) is 0 Å². The van der Waals surface area contributed by atoms with Crippen molar-refractivity contribution in [2.24, 2.45) is 0 Å². The van der Waals surface area contributed by atoms with Crippen LogP contribution in [0.1, 0.15) is 11.5 Å². The monoisotopic (exact) mass is 360 g/mol. The number of halogens is 1. The molecule has 3 aromatic rings. The van der Waals surface area contributed by atoms with Gasteiger partial charge in [0.25, 0.3) is 0 Å². The molecule has 0 aromatic heterocycles. The number of hydrogen-bond donors (Lipinski definition) is 0. The Morgan fingerprint density at radius 1 is 0.640 bits per heavy atom. The van der Waals surface area contributed by atoms with Crippen molar-refractivity contribution in [3.8, 4) is 0 Å². The lowest BCUT2D eigenvalue weighted by atomic mass is 10.0. The van der Waals surface area contributed by atoms with Gasteiger partial charge in [-0.3, -0.25) is 0 Å². The summed E-state index contributed by atoms with van der Waals surface area (Å²) in [6, 6.07) is 27.8. The van der Waals surface area contributed by atoms with Crippen LogP contribution in [0.2, 0.25) is 5.02 Å². The maximum absolute atomic E-state index is 6.67. The highest BCUT2D eigenvalue weighted by molar-refractivity contribution is 7.79. The average molecular weight is 361 g/mol. The molecule has 0 saturated carbocycles. The van der Waals surface area contributed by atoms with Crippen LogP contribution >= 0.6 is 19.5 Å². The van der Waals surface area contributed by atoms with Gasteiger partial charge in [-0.15, -0.1) is 0 Å². The van der Waals surface area contributed by atoms with Crippen LogP contribution in [0.25, 0.3) is 0 Å². The van der Waals surface area contributed by atoms with E-state index in [9.17, 15) is 0 Å². The fourth-order valence-electron chi connectivity index (χ4n) is 3.26. The van der Waals surface area contributed by atoms with Crippen LogP contribution in [0.3, 0.4) is 0 Å². The average Bonchev–Trinajstić information content (AvgIpc) is 3.18. The van der Waals surface area contributed by atoms with Gasteiger partial charge >= 0.3 is 0 Å². The summed E-state index contributed by atoms with van der Waals surface area (Å²) in [5.41, 5.74) is 1.23. The topological polar surface area (TPSA) is 0 Å². The maximum Gasteiger partial charge on any atom is 0.0453 e. The van der Waals surface area contributed by atoms with Crippen molar-refractivity contribution in [1.82, 2.24) is 0 Å². The van der Waals surface area contributed by atoms with E-state index in [0.29, 0.717) is 0 Å². The van der Waals surface area contributed by atoms with Gasteiger partial charge in [-0.25, -0.2) is 0 Å². The van der Waals surface area contributed by atoms with Crippen LogP contribution < -0.4 is 15.9 Å². The van der Waals surface area contributed by atoms with Gasteiger partial charge in [-0.2, -0.15) is 0 Å². The number of rotatable bonds is 4. The van der Waals surface area contributed by atoms with Gasteiger partial charge in [0.05, 0.1) is 0 Å². The first-order valence-corrected chi connectivity index (χ1v) is 10.1. The molecule has 0 aliphatic heterocycles. The molecule has 0 heterocycles. The summed E-state index contributed by atoms with van der Waals surface area (Å²) in [7, 11) is -0.651. The first-order valence-electron chi connectivity index (χ1n) is 8.38. The molecule has 0 spiro atoms. The van der Waals surface area contributed by atoms with Crippen molar-refractivity contribution in [3.63, 3.8) is 0 Å². The van der Waals surface area contributed by atoms with Crippen molar-refractivity contribution in [1.29, 1.82) is 0 Å². The fourth-order valence-corrected chi connectivity index (χ4v) is 6.16. The molecule has 0 unspecified atom stereocenters. The maximum atomic E-state index is 6.67. The van der Waals surface area contributed by atoms with Crippen LogP contribution in [0.5, 0.6) is 0 Å². The van der Waals surface area contributed by atoms with Crippen LogP contribution in [-0.4, -0.2) is 0 Å². The second kappa shape index (κ2) is 7.40. The lowest BCUT2D eigenvalue weighted by Crippen LogP contribution is -2.24. The van der Waals surface area contributed by atoms with Crippen molar-refractivity contribution >= 4 is 35.4 Å². The van der Waals surface area contributed by atoms with Crippen molar-refractivity contribution in [3.05, 3.63) is 114 Å². The van der Waals surface area contributed by atoms with Gasteiger partial charge in [0.1, 0.15) is 0 Å². The predicted molar refractivity (Wildman–Crippen MR) is 111 cm³/mol. The Morgan fingerprint density at radius 2 is 1.20 bits per heavy atom. The van der Waals surface area contributed by atoms with Crippen LogP contribution in [0.4, 0.5) is 0 Å². The summed E-state index contributed by atoms with van der Waals surface area (Å²) in [6.45, 7) is 0. The second-order valence-corrected chi connectivity index (χ2v) is 8.57. The minimum absolute atomic E-state index is 0.251. The van der Waals surface area contributed by atoms with Gasteiger partial charge in [-0.1, -0.05) is 109 Å². The van der Waals surface area contributed by atoms with E-state index in [0.717, 1.165) is 5.02 Å². The van der Waals surface area contributed by atoms with E-state index in [4.69, 9.17) is 11.6 Å². The Labute approximate surface area is 155 Å². The Morgan fingerprint density at radius 3 is 1.76 bits per heavy atom. The summed E-state index contributed by atoms with van der Waals surface area (Å²) in [6.07, 6.45) is 8.64. The minimum Gasteiger partial charge on any atom is -0.0840 e. The van der Waals surface area contributed by atoms with Crippen LogP contribution in [0.15, 0.2) is 103 Å². The summed E-state index contributed by atoms with van der Waals surface area (Å²) in [5.74, 6) is 0.251. The highest BCUT2D eigenvalue weighted by Crippen LogP contribution is 2.39. The third-order valence-corrected chi connectivity index (χ3v) is 7.21. The summed E-state index contributed by atoms with van der Waals surface area (Å²) < 4.78 is 0. The van der Waals surface area contributed by atoms with E-state index in [1.165, 1.54) is 21.5 Å².